The summed E-state index contributed by atoms with van der Waals surface area (Å²) >= 11 is 0. The number of aliphatic imine (C=N–C) groups is 1. The molecule has 5 nitrogen and oxygen atoms in total. The Morgan fingerprint density at radius 2 is 2.00 bits per heavy atom. The lowest BCUT2D eigenvalue weighted by atomic mass is 10.0. The van der Waals surface area contributed by atoms with E-state index in [4.69, 9.17) is 16.6 Å². The van der Waals surface area contributed by atoms with Crippen LogP contribution in [0.25, 0.3) is 0 Å². The zero-order chi connectivity index (χ0) is 14.6. The Bertz CT molecular complexity index is 496. The number of guanidine groups is 1. The van der Waals surface area contributed by atoms with Crippen LogP contribution >= 0.6 is 0 Å². The fraction of sp³-hybridized carbons (Fsp3) is 0.273. The molecule has 104 valence electrons. The smallest absolute Gasteiger partial charge is 0.416 e. The van der Waals surface area contributed by atoms with E-state index in [1.54, 1.807) is 0 Å². The second-order valence-corrected chi connectivity index (χ2v) is 3.79. The van der Waals surface area contributed by atoms with Crippen LogP contribution in [-0.2, 0) is 11.0 Å². The third-order valence-electron chi connectivity index (χ3n) is 2.27. The lowest BCUT2D eigenvalue weighted by Crippen LogP contribution is -2.24. The Hall–Kier alpha value is -2.25. The number of halogens is 3. The first-order chi connectivity index (χ1) is 8.70. The van der Waals surface area contributed by atoms with E-state index in [-0.39, 0.29) is 11.5 Å². The maximum absolute atomic E-state index is 12.6. The molecule has 8 heteroatoms. The summed E-state index contributed by atoms with van der Waals surface area (Å²) in [5, 5.41) is 8.71. The number of rotatable bonds is 4. The fourth-order valence-electron chi connectivity index (χ4n) is 1.51. The Morgan fingerprint density at radius 3 is 2.47 bits per heavy atom. The summed E-state index contributed by atoms with van der Waals surface area (Å²) in [5.74, 6) is -1.60. The molecule has 5 N–H and O–H groups in total. The molecule has 1 unspecified atom stereocenters. The highest BCUT2D eigenvalue weighted by molar-refractivity contribution is 5.77. The van der Waals surface area contributed by atoms with Gasteiger partial charge in [-0.3, -0.25) is 4.79 Å². The standard InChI is InChI=1S/C11H12F3N3O2/c12-11(13,14)7-3-1-2-6(4-7)8(5-9(18)19)17-10(15)16/h1-4,8H,5H2,(H,18,19)(H4,15,16,17). The normalized spacial score (nSPS) is 12.8. The summed E-state index contributed by atoms with van der Waals surface area (Å²) in [7, 11) is 0. The van der Waals surface area contributed by atoms with Crippen molar-refractivity contribution >= 4 is 11.9 Å². The monoisotopic (exact) mass is 275 g/mol. The quantitative estimate of drug-likeness (QED) is 0.572. The number of aliphatic carboxylic acids is 1. The first-order valence-electron chi connectivity index (χ1n) is 5.18. The Labute approximate surface area is 106 Å². The highest BCUT2D eigenvalue weighted by atomic mass is 19.4. The first kappa shape index (κ1) is 14.8. The van der Waals surface area contributed by atoms with Gasteiger partial charge < -0.3 is 16.6 Å². The number of carboxylic acids is 1. The summed E-state index contributed by atoms with van der Waals surface area (Å²) in [4.78, 5) is 14.3. The van der Waals surface area contributed by atoms with E-state index in [0.29, 0.717) is 0 Å². The topological polar surface area (TPSA) is 102 Å². The van der Waals surface area contributed by atoms with Gasteiger partial charge in [-0.1, -0.05) is 12.1 Å². The number of nitrogens with zero attached hydrogens (tertiary/aromatic N) is 1. The second kappa shape index (κ2) is 5.59. The maximum atomic E-state index is 12.6. The second-order valence-electron chi connectivity index (χ2n) is 3.79. The van der Waals surface area contributed by atoms with Crippen LogP contribution in [-0.4, -0.2) is 17.0 Å². The SMILES string of the molecule is NC(N)=NC(CC(=O)O)c1cccc(C(F)(F)F)c1. The minimum absolute atomic E-state index is 0.0885. The molecule has 1 atom stereocenters. The van der Waals surface area contributed by atoms with Crippen LogP contribution in [0.3, 0.4) is 0 Å². The predicted molar refractivity (Wildman–Crippen MR) is 62.2 cm³/mol. The molecule has 0 radical (unpaired) electrons. The molecule has 0 aliphatic rings. The van der Waals surface area contributed by atoms with Crippen LogP contribution in [0.15, 0.2) is 29.3 Å². The molecule has 0 aromatic heterocycles. The number of carboxylic acid groups (broad SMARTS) is 1. The van der Waals surface area contributed by atoms with E-state index in [1.165, 1.54) is 12.1 Å². The fourth-order valence-corrected chi connectivity index (χ4v) is 1.51. The molecule has 0 amide bonds. The van der Waals surface area contributed by atoms with Gasteiger partial charge in [-0.05, 0) is 17.7 Å². The highest BCUT2D eigenvalue weighted by Crippen LogP contribution is 2.32. The van der Waals surface area contributed by atoms with Gasteiger partial charge in [0.25, 0.3) is 0 Å². The van der Waals surface area contributed by atoms with Gasteiger partial charge in [0.1, 0.15) is 0 Å². The van der Waals surface area contributed by atoms with Gasteiger partial charge in [-0.15, -0.1) is 0 Å². The van der Waals surface area contributed by atoms with E-state index >= 15 is 0 Å². The average molecular weight is 275 g/mol. The molecular formula is C11H12F3N3O2. The molecule has 0 aliphatic carbocycles. The van der Waals surface area contributed by atoms with Crippen molar-refractivity contribution in [1.29, 1.82) is 0 Å². The van der Waals surface area contributed by atoms with Crippen molar-refractivity contribution in [2.24, 2.45) is 16.5 Å². The Morgan fingerprint density at radius 1 is 1.37 bits per heavy atom. The van der Waals surface area contributed by atoms with Crippen LogP contribution in [0.2, 0.25) is 0 Å². The van der Waals surface area contributed by atoms with E-state index in [0.717, 1.165) is 12.1 Å². The molecule has 0 aliphatic heterocycles. The van der Waals surface area contributed by atoms with Gasteiger partial charge in [-0.25, -0.2) is 4.99 Å². The number of hydrogen-bond acceptors (Lipinski definition) is 2. The molecule has 0 saturated carbocycles. The molecule has 0 spiro atoms. The van der Waals surface area contributed by atoms with Gasteiger partial charge in [-0.2, -0.15) is 13.2 Å². The molecule has 0 fully saturated rings. The van der Waals surface area contributed by atoms with Gasteiger partial charge in [0, 0.05) is 0 Å². The summed E-state index contributed by atoms with van der Waals surface area (Å²) in [6, 6.07) is 3.19. The lowest BCUT2D eigenvalue weighted by molar-refractivity contribution is -0.138. The summed E-state index contributed by atoms with van der Waals surface area (Å²) in [6.07, 6.45) is -5.01. The predicted octanol–water partition coefficient (Wildman–Crippen LogP) is 1.49. The molecule has 1 rings (SSSR count). The molecular weight excluding hydrogens is 263 g/mol. The van der Waals surface area contributed by atoms with E-state index in [1.807, 2.05) is 0 Å². The largest absolute Gasteiger partial charge is 0.481 e. The lowest BCUT2D eigenvalue weighted by Gasteiger charge is -2.13. The van der Waals surface area contributed by atoms with Crippen LogP contribution in [0.1, 0.15) is 23.6 Å². The zero-order valence-electron chi connectivity index (χ0n) is 9.69. The number of benzene rings is 1. The number of hydrogen-bond donors (Lipinski definition) is 3. The van der Waals surface area contributed by atoms with Gasteiger partial charge in [0.15, 0.2) is 5.96 Å². The van der Waals surface area contributed by atoms with Crippen molar-refractivity contribution < 1.29 is 23.1 Å². The number of carbonyl (C=O) groups is 1. The molecule has 19 heavy (non-hydrogen) atoms. The summed E-state index contributed by atoms with van der Waals surface area (Å²) in [5.41, 5.74) is 9.49. The summed E-state index contributed by atoms with van der Waals surface area (Å²) < 4.78 is 37.7. The molecule has 1 aromatic carbocycles. The van der Waals surface area contributed by atoms with Gasteiger partial charge in [0.05, 0.1) is 18.0 Å². The molecule has 0 saturated heterocycles. The Balaban J connectivity index is 3.16. The van der Waals surface area contributed by atoms with Crippen molar-refractivity contribution in [1.82, 2.24) is 0 Å². The van der Waals surface area contributed by atoms with Crippen LogP contribution in [0.4, 0.5) is 13.2 Å². The van der Waals surface area contributed by atoms with Crippen molar-refractivity contribution in [3.8, 4) is 0 Å². The minimum Gasteiger partial charge on any atom is -0.481 e. The third kappa shape index (κ3) is 4.49. The van der Waals surface area contributed by atoms with E-state index in [9.17, 15) is 18.0 Å². The van der Waals surface area contributed by atoms with Crippen molar-refractivity contribution in [2.75, 3.05) is 0 Å². The van der Waals surface area contributed by atoms with Crippen molar-refractivity contribution in [3.63, 3.8) is 0 Å². The number of alkyl halides is 3. The number of nitrogens with two attached hydrogens (primary N) is 2. The molecule has 0 heterocycles. The minimum atomic E-state index is -4.51. The van der Waals surface area contributed by atoms with E-state index < -0.39 is 30.2 Å². The highest BCUT2D eigenvalue weighted by Gasteiger charge is 2.31. The maximum Gasteiger partial charge on any atom is 0.416 e. The van der Waals surface area contributed by atoms with Gasteiger partial charge >= 0.3 is 12.1 Å². The third-order valence-corrected chi connectivity index (χ3v) is 2.27. The molecule has 1 aromatic rings. The Kier molecular flexibility index (Phi) is 4.36. The average Bonchev–Trinajstić information content (AvgIpc) is 2.26. The van der Waals surface area contributed by atoms with Crippen molar-refractivity contribution in [3.05, 3.63) is 35.4 Å². The van der Waals surface area contributed by atoms with Crippen LogP contribution < -0.4 is 11.5 Å². The van der Waals surface area contributed by atoms with Gasteiger partial charge in [0.2, 0.25) is 0 Å². The van der Waals surface area contributed by atoms with Crippen LogP contribution in [0, 0.1) is 0 Å². The zero-order valence-corrected chi connectivity index (χ0v) is 9.69. The van der Waals surface area contributed by atoms with Crippen LogP contribution in [0.5, 0.6) is 0 Å². The van der Waals surface area contributed by atoms with E-state index in [2.05, 4.69) is 4.99 Å². The molecule has 0 bridgehead atoms. The summed E-state index contributed by atoms with van der Waals surface area (Å²) in [6.45, 7) is 0. The van der Waals surface area contributed by atoms with Crippen molar-refractivity contribution in [2.45, 2.75) is 18.6 Å². The first-order valence-corrected chi connectivity index (χ1v) is 5.18.